The second-order valence-corrected chi connectivity index (χ2v) is 12.1. The van der Waals surface area contributed by atoms with Gasteiger partial charge < -0.3 is 35.3 Å². The highest BCUT2D eigenvalue weighted by Crippen LogP contribution is 2.42. The number of fused-ring (bicyclic) bond motifs is 1. The number of esters is 1. The van der Waals surface area contributed by atoms with E-state index in [0.717, 1.165) is 18.4 Å². The molecule has 3 heterocycles. The summed E-state index contributed by atoms with van der Waals surface area (Å²) in [6.07, 6.45) is -0.202. The number of carbonyl (C=O) groups is 1. The highest BCUT2D eigenvalue weighted by Gasteiger charge is 2.54. The normalized spacial score (nSPS) is 26.5. The number of imidazole rings is 1. The van der Waals surface area contributed by atoms with E-state index in [0.29, 0.717) is 17.0 Å². The van der Waals surface area contributed by atoms with Crippen molar-refractivity contribution in [3.05, 3.63) is 42.2 Å². The lowest BCUT2D eigenvalue weighted by molar-refractivity contribution is -0.145. The minimum Gasteiger partial charge on any atom is -0.465 e. The highest BCUT2D eigenvalue weighted by atomic mass is 31.2. The predicted octanol–water partition coefficient (Wildman–Crippen LogP) is 0.840. The summed E-state index contributed by atoms with van der Waals surface area (Å²) in [6.45, 7) is 2.70. The average molecular weight is 591 g/mol. The maximum atomic E-state index is 13.2. The molecule has 0 bridgehead atoms. The number of nitrogens with one attached hydrogen (secondary N) is 2. The van der Waals surface area contributed by atoms with Crippen LogP contribution >= 0.6 is 7.67 Å². The summed E-state index contributed by atoms with van der Waals surface area (Å²) in [6, 6.07) is 8.30. The Bertz CT molecular complexity index is 1430. The van der Waals surface area contributed by atoms with Crippen LogP contribution in [0, 0.1) is 0 Å². The SMILES string of the molecule is CCOC(=O)[C@H](Cc1ccccc1)NP(N)(=O)OC[C@H]1O[C@@H](n2cnc3c(NC4CC4)nc(N)nc32)C(C)(O)C1O. The van der Waals surface area contributed by atoms with Crippen molar-refractivity contribution >= 4 is 36.6 Å². The summed E-state index contributed by atoms with van der Waals surface area (Å²) in [5.41, 5.74) is 11.6. The summed E-state index contributed by atoms with van der Waals surface area (Å²) in [5.74, 6) is -0.175. The number of ether oxygens (including phenoxy) is 2. The molecular formula is C25H35N8O7P. The van der Waals surface area contributed by atoms with Gasteiger partial charge >= 0.3 is 13.6 Å². The molecule has 1 saturated carbocycles. The lowest BCUT2D eigenvalue weighted by Gasteiger charge is -2.27. The Morgan fingerprint density at radius 2 is 2.05 bits per heavy atom. The van der Waals surface area contributed by atoms with Crippen molar-refractivity contribution in [3.8, 4) is 0 Å². The molecule has 15 nitrogen and oxygen atoms in total. The van der Waals surface area contributed by atoms with Gasteiger partial charge in [0.15, 0.2) is 23.2 Å². The van der Waals surface area contributed by atoms with Crippen LogP contribution in [-0.2, 0) is 29.8 Å². The van der Waals surface area contributed by atoms with Crippen LogP contribution in [0.4, 0.5) is 11.8 Å². The van der Waals surface area contributed by atoms with E-state index in [2.05, 4.69) is 25.4 Å². The van der Waals surface area contributed by atoms with Crippen LogP contribution < -0.4 is 21.6 Å². The standard InChI is InChI=1S/C25H35N8O7P/c1-3-38-22(35)16(11-14-7-5-4-6-8-14)32-41(27,37)39-12-17-19(34)25(2,36)23(40-17)33-13-28-18-20(29-15-9-10-15)30-24(26)31-21(18)33/h4-8,13,15-17,19,23,34,36H,3,9-12H2,1-2H3,(H3,27,32,37)(H3,26,29,30,31)/t16-,17+,19?,23+,25?,41?/m0/s1. The Labute approximate surface area is 236 Å². The predicted molar refractivity (Wildman–Crippen MR) is 148 cm³/mol. The topological polar surface area (TPSA) is 222 Å². The molecule has 3 unspecified atom stereocenters. The molecule has 0 radical (unpaired) electrons. The first-order chi connectivity index (χ1) is 19.5. The van der Waals surface area contributed by atoms with Gasteiger partial charge in [0.25, 0.3) is 0 Å². The quantitative estimate of drug-likeness (QED) is 0.127. The fraction of sp³-hybridized carbons (Fsp3) is 0.520. The Kier molecular flexibility index (Phi) is 8.30. The van der Waals surface area contributed by atoms with E-state index in [9.17, 15) is 19.6 Å². The third-order valence-electron chi connectivity index (χ3n) is 6.98. The zero-order valence-electron chi connectivity index (χ0n) is 22.7. The molecule has 222 valence electrons. The number of aliphatic hydroxyl groups is 2. The van der Waals surface area contributed by atoms with E-state index in [1.54, 1.807) is 6.92 Å². The first-order valence-electron chi connectivity index (χ1n) is 13.3. The molecule has 5 rings (SSSR count). The van der Waals surface area contributed by atoms with Crippen molar-refractivity contribution in [2.24, 2.45) is 5.50 Å². The summed E-state index contributed by atoms with van der Waals surface area (Å²) in [7, 11) is -4.11. The van der Waals surface area contributed by atoms with E-state index in [4.69, 9.17) is 25.2 Å². The zero-order chi connectivity index (χ0) is 29.4. The van der Waals surface area contributed by atoms with Gasteiger partial charge in [-0.05, 0) is 38.7 Å². The minimum absolute atomic E-state index is 0.00210. The number of rotatable bonds is 12. The van der Waals surface area contributed by atoms with E-state index in [1.165, 1.54) is 17.8 Å². The number of hydrogen-bond donors (Lipinski definition) is 6. The van der Waals surface area contributed by atoms with Gasteiger partial charge in [0.05, 0.1) is 19.5 Å². The Hall–Kier alpha value is -3.17. The Morgan fingerprint density at radius 3 is 2.73 bits per heavy atom. The number of aliphatic hydroxyl groups excluding tert-OH is 1. The Balaban J connectivity index is 1.30. The van der Waals surface area contributed by atoms with Gasteiger partial charge in [-0.25, -0.2) is 15.6 Å². The van der Waals surface area contributed by atoms with Crippen LogP contribution in [0.5, 0.6) is 0 Å². The first-order valence-corrected chi connectivity index (χ1v) is 15.0. The lowest BCUT2D eigenvalue weighted by atomic mass is 9.96. The van der Waals surface area contributed by atoms with Crippen molar-refractivity contribution in [2.45, 2.75) is 69.2 Å². The maximum absolute atomic E-state index is 13.2. The molecular weight excluding hydrogens is 555 g/mol. The molecule has 6 atom stereocenters. The third-order valence-corrected chi connectivity index (χ3v) is 8.19. The molecule has 0 spiro atoms. The van der Waals surface area contributed by atoms with Crippen LogP contribution in [0.25, 0.3) is 11.2 Å². The molecule has 1 aliphatic heterocycles. The van der Waals surface area contributed by atoms with Crippen molar-refractivity contribution in [2.75, 3.05) is 24.3 Å². The molecule has 3 aromatic rings. The maximum Gasteiger partial charge on any atom is 0.338 e. The van der Waals surface area contributed by atoms with Gasteiger partial charge in [0, 0.05) is 6.04 Å². The van der Waals surface area contributed by atoms with Gasteiger partial charge in [-0.3, -0.25) is 13.9 Å². The summed E-state index contributed by atoms with van der Waals surface area (Å²) >= 11 is 0. The summed E-state index contributed by atoms with van der Waals surface area (Å²) in [5, 5.41) is 28.0. The number of hydrogen-bond acceptors (Lipinski definition) is 12. The molecule has 8 N–H and O–H groups in total. The van der Waals surface area contributed by atoms with E-state index >= 15 is 0 Å². The van der Waals surface area contributed by atoms with E-state index < -0.39 is 50.3 Å². The van der Waals surface area contributed by atoms with Crippen LogP contribution in [0.3, 0.4) is 0 Å². The number of nitrogens with two attached hydrogens (primary N) is 2. The monoisotopic (exact) mass is 590 g/mol. The van der Waals surface area contributed by atoms with Crippen molar-refractivity contribution in [1.29, 1.82) is 0 Å². The molecule has 0 amide bonds. The fourth-order valence-corrected chi connectivity index (χ4v) is 5.79. The molecule has 41 heavy (non-hydrogen) atoms. The van der Waals surface area contributed by atoms with Gasteiger partial charge in [-0.1, -0.05) is 30.3 Å². The average Bonchev–Trinajstić information content (AvgIpc) is 3.59. The number of nitrogen functional groups attached to an aromatic ring is 1. The van der Waals surface area contributed by atoms with Crippen molar-refractivity contribution < 1.29 is 33.6 Å². The number of carbonyl (C=O) groups excluding carboxylic acids is 1. The third kappa shape index (κ3) is 6.51. The number of benzene rings is 1. The second-order valence-electron chi connectivity index (χ2n) is 10.4. The van der Waals surface area contributed by atoms with E-state index in [1.807, 2.05) is 30.3 Å². The number of anilines is 2. The van der Waals surface area contributed by atoms with Crippen LogP contribution in [-0.4, -0.2) is 78.8 Å². The van der Waals surface area contributed by atoms with Crippen LogP contribution in [0.2, 0.25) is 0 Å². The molecule has 2 fully saturated rings. The molecule has 1 aliphatic carbocycles. The number of aromatic nitrogens is 4. The molecule has 16 heteroatoms. The van der Waals surface area contributed by atoms with Gasteiger partial charge in [0.2, 0.25) is 5.95 Å². The van der Waals surface area contributed by atoms with Gasteiger partial charge in [-0.15, -0.1) is 0 Å². The van der Waals surface area contributed by atoms with Crippen molar-refractivity contribution in [1.82, 2.24) is 24.6 Å². The number of nitrogens with zero attached hydrogens (tertiary/aromatic N) is 4. The van der Waals surface area contributed by atoms with Gasteiger partial charge in [0.1, 0.15) is 23.9 Å². The summed E-state index contributed by atoms with van der Waals surface area (Å²) < 4.78 is 31.2. The molecule has 1 saturated heterocycles. The van der Waals surface area contributed by atoms with Crippen molar-refractivity contribution in [3.63, 3.8) is 0 Å². The van der Waals surface area contributed by atoms with Gasteiger partial charge in [-0.2, -0.15) is 9.97 Å². The molecule has 1 aromatic carbocycles. The summed E-state index contributed by atoms with van der Waals surface area (Å²) in [4.78, 5) is 25.5. The Morgan fingerprint density at radius 1 is 1.32 bits per heavy atom. The van der Waals surface area contributed by atoms with E-state index in [-0.39, 0.29) is 25.0 Å². The fourth-order valence-electron chi connectivity index (χ4n) is 4.72. The molecule has 2 aromatic heterocycles. The molecule has 2 aliphatic rings. The largest absolute Gasteiger partial charge is 0.465 e. The van der Waals surface area contributed by atoms with Crippen LogP contribution in [0.1, 0.15) is 38.5 Å². The van der Waals surface area contributed by atoms with Crippen LogP contribution in [0.15, 0.2) is 36.7 Å². The smallest absolute Gasteiger partial charge is 0.338 e. The zero-order valence-corrected chi connectivity index (χ0v) is 23.6. The lowest BCUT2D eigenvalue weighted by Crippen LogP contribution is -2.45. The first kappa shape index (κ1) is 29.3. The minimum atomic E-state index is -4.11. The second kappa shape index (κ2) is 11.6. The highest BCUT2D eigenvalue weighted by molar-refractivity contribution is 7.54.